The quantitative estimate of drug-likeness (QED) is 0.464. The lowest BCUT2D eigenvalue weighted by Crippen LogP contribution is -1.88. The Bertz CT molecular complexity index is 494. The Balaban J connectivity index is 2.26. The van der Waals surface area contributed by atoms with E-state index in [1.54, 1.807) is 0 Å². The number of ether oxygens (including phenoxy) is 1. The van der Waals surface area contributed by atoms with Crippen molar-refractivity contribution < 1.29 is 4.74 Å². The van der Waals surface area contributed by atoms with E-state index in [0.29, 0.717) is 0 Å². The summed E-state index contributed by atoms with van der Waals surface area (Å²) in [7, 11) is 0. The molecule has 1 nitrogen and oxygen atoms in total. The minimum absolute atomic E-state index is 0.875. The van der Waals surface area contributed by atoms with E-state index in [1.165, 1.54) is 7.14 Å². The molecule has 0 aliphatic rings. The fourth-order valence-electron chi connectivity index (χ4n) is 1.19. The SMILES string of the molecule is Ic1ccc(Oc2cc(I)ccc2I)cc1. The summed E-state index contributed by atoms with van der Waals surface area (Å²) in [6.45, 7) is 0. The van der Waals surface area contributed by atoms with Gasteiger partial charge in [-0.15, -0.1) is 0 Å². The summed E-state index contributed by atoms with van der Waals surface area (Å²) in [5, 5.41) is 0. The number of halogens is 3. The van der Waals surface area contributed by atoms with Crippen molar-refractivity contribution in [2.75, 3.05) is 0 Å². The maximum absolute atomic E-state index is 5.83. The normalized spacial score (nSPS) is 10.2. The van der Waals surface area contributed by atoms with E-state index >= 15 is 0 Å². The molecule has 0 unspecified atom stereocenters. The number of hydrogen-bond acceptors (Lipinski definition) is 1. The van der Waals surface area contributed by atoms with E-state index in [4.69, 9.17) is 4.74 Å². The second-order valence-corrected chi connectivity index (χ2v) is 6.78. The van der Waals surface area contributed by atoms with Gasteiger partial charge in [0.15, 0.2) is 0 Å². The largest absolute Gasteiger partial charge is 0.456 e. The van der Waals surface area contributed by atoms with Crippen molar-refractivity contribution >= 4 is 67.8 Å². The van der Waals surface area contributed by atoms with Crippen LogP contribution in [-0.2, 0) is 0 Å². The molecule has 82 valence electrons. The van der Waals surface area contributed by atoms with Crippen molar-refractivity contribution in [1.82, 2.24) is 0 Å². The maximum atomic E-state index is 5.83. The van der Waals surface area contributed by atoms with Crippen LogP contribution in [0.25, 0.3) is 0 Å². The molecule has 0 aliphatic carbocycles. The van der Waals surface area contributed by atoms with Crippen molar-refractivity contribution in [3.05, 3.63) is 53.2 Å². The van der Waals surface area contributed by atoms with E-state index in [1.807, 2.05) is 30.3 Å². The number of benzene rings is 2. The predicted octanol–water partition coefficient (Wildman–Crippen LogP) is 5.29. The Labute approximate surface area is 135 Å². The summed E-state index contributed by atoms with van der Waals surface area (Å²) in [6, 6.07) is 14.2. The molecule has 0 bridgehead atoms. The minimum atomic E-state index is 0.875. The third-order valence-electron chi connectivity index (χ3n) is 1.93. The Hall–Kier alpha value is 0.430. The van der Waals surface area contributed by atoms with Gasteiger partial charge in [0, 0.05) is 7.14 Å². The van der Waals surface area contributed by atoms with Gasteiger partial charge in [-0.2, -0.15) is 0 Å². The molecule has 0 radical (unpaired) electrons. The average molecular weight is 548 g/mol. The Morgan fingerprint density at radius 3 is 2.06 bits per heavy atom. The molecule has 0 aromatic heterocycles. The molecule has 2 rings (SSSR count). The van der Waals surface area contributed by atoms with Crippen LogP contribution in [0.1, 0.15) is 0 Å². The van der Waals surface area contributed by atoms with Gasteiger partial charge in [-0.05, 0) is 110 Å². The van der Waals surface area contributed by atoms with Crippen LogP contribution in [0.15, 0.2) is 42.5 Å². The molecule has 0 fully saturated rings. The van der Waals surface area contributed by atoms with Crippen LogP contribution in [0.4, 0.5) is 0 Å². The van der Waals surface area contributed by atoms with Gasteiger partial charge < -0.3 is 4.74 Å². The molecule has 0 N–H and O–H groups in total. The zero-order valence-corrected chi connectivity index (χ0v) is 14.6. The fraction of sp³-hybridized carbons (Fsp3) is 0. The van der Waals surface area contributed by atoms with E-state index in [2.05, 4.69) is 79.9 Å². The Morgan fingerprint density at radius 2 is 1.38 bits per heavy atom. The lowest BCUT2D eigenvalue weighted by molar-refractivity contribution is 0.479. The first-order valence-electron chi connectivity index (χ1n) is 4.53. The van der Waals surface area contributed by atoms with Crippen molar-refractivity contribution in [2.45, 2.75) is 0 Å². The summed E-state index contributed by atoms with van der Waals surface area (Å²) in [6.07, 6.45) is 0. The molecule has 0 spiro atoms. The highest BCUT2D eigenvalue weighted by Crippen LogP contribution is 2.28. The smallest absolute Gasteiger partial charge is 0.141 e. The number of rotatable bonds is 2. The van der Waals surface area contributed by atoms with Crippen LogP contribution in [-0.4, -0.2) is 0 Å². The highest BCUT2D eigenvalue weighted by Gasteiger charge is 2.03. The van der Waals surface area contributed by atoms with Crippen LogP contribution in [0.3, 0.4) is 0 Å². The summed E-state index contributed by atoms with van der Waals surface area (Å²) in [5.41, 5.74) is 0. The van der Waals surface area contributed by atoms with Gasteiger partial charge in [0.2, 0.25) is 0 Å². The molecule has 0 amide bonds. The van der Waals surface area contributed by atoms with Crippen molar-refractivity contribution in [3.8, 4) is 11.5 Å². The molecule has 0 saturated carbocycles. The highest BCUT2D eigenvalue weighted by molar-refractivity contribution is 14.1. The first kappa shape index (κ1) is 12.9. The second kappa shape index (κ2) is 5.85. The standard InChI is InChI=1S/C12H7I3O/c13-8-1-4-10(5-2-8)16-12-7-9(14)3-6-11(12)15/h1-7H. The van der Waals surface area contributed by atoms with Gasteiger partial charge in [0.25, 0.3) is 0 Å². The second-order valence-electron chi connectivity index (χ2n) is 3.13. The van der Waals surface area contributed by atoms with Crippen LogP contribution in [0, 0.1) is 10.7 Å². The third-order valence-corrected chi connectivity index (χ3v) is 4.22. The van der Waals surface area contributed by atoms with Crippen molar-refractivity contribution in [2.24, 2.45) is 0 Å². The summed E-state index contributed by atoms with van der Waals surface area (Å²) < 4.78 is 9.34. The van der Waals surface area contributed by atoms with E-state index in [0.717, 1.165) is 15.1 Å². The monoisotopic (exact) mass is 548 g/mol. The molecule has 0 heterocycles. The lowest BCUT2D eigenvalue weighted by atomic mass is 10.3. The zero-order valence-electron chi connectivity index (χ0n) is 8.08. The molecular weight excluding hydrogens is 541 g/mol. The van der Waals surface area contributed by atoms with E-state index < -0.39 is 0 Å². The van der Waals surface area contributed by atoms with Gasteiger partial charge >= 0.3 is 0 Å². The first-order valence-corrected chi connectivity index (χ1v) is 7.77. The van der Waals surface area contributed by atoms with Crippen LogP contribution in [0.5, 0.6) is 11.5 Å². The average Bonchev–Trinajstić information content (AvgIpc) is 2.27. The first-order chi connectivity index (χ1) is 7.65. The van der Waals surface area contributed by atoms with Crippen LogP contribution in [0.2, 0.25) is 0 Å². The fourth-order valence-corrected chi connectivity index (χ4v) is 2.45. The molecule has 0 atom stereocenters. The molecule has 16 heavy (non-hydrogen) atoms. The number of hydrogen-bond donors (Lipinski definition) is 0. The molecule has 0 saturated heterocycles. The molecule has 2 aromatic carbocycles. The molecule has 2 aromatic rings. The Kier molecular flexibility index (Phi) is 4.71. The van der Waals surface area contributed by atoms with Crippen molar-refractivity contribution in [1.29, 1.82) is 0 Å². The van der Waals surface area contributed by atoms with Gasteiger partial charge in [-0.1, -0.05) is 0 Å². The van der Waals surface area contributed by atoms with Gasteiger partial charge in [-0.25, -0.2) is 0 Å². The van der Waals surface area contributed by atoms with Gasteiger partial charge in [-0.3, -0.25) is 0 Å². The zero-order chi connectivity index (χ0) is 11.5. The third kappa shape index (κ3) is 3.46. The van der Waals surface area contributed by atoms with Crippen LogP contribution >= 0.6 is 67.8 Å². The summed E-state index contributed by atoms with van der Waals surface area (Å²) >= 11 is 6.85. The highest BCUT2D eigenvalue weighted by atomic mass is 127. The van der Waals surface area contributed by atoms with Crippen molar-refractivity contribution in [3.63, 3.8) is 0 Å². The topological polar surface area (TPSA) is 9.23 Å². The predicted molar refractivity (Wildman–Crippen MR) is 91.1 cm³/mol. The minimum Gasteiger partial charge on any atom is -0.456 e. The molecular formula is C12H7I3O. The Morgan fingerprint density at radius 1 is 0.750 bits per heavy atom. The maximum Gasteiger partial charge on any atom is 0.141 e. The van der Waals surface area contributed by atoms with E-state index in [9.17, 15) is 0 Å². The summed E-state index contributed by atoms with van der Waals surface area (Å²) in [5.74, 6) is 1.79. The van der Waals surface area contributed by atoms with Gasteiger partial charge in [0.05, 0.1) is 3.57 Å². The van der Waals surface area contributed by atoms with E-state index in [-0.39, 0.29) is 0 Å². The summed E-state index contributed by atoms with van der Waals surface area (Å²) in [4.78, 5) is 0. The molecule has 0 aliphatic heterocycles. The molecule has 4 heteroatoms. The van der Waals surface area contributed by atoms with Gasteiger partial charge in [0.1, 0.15) is 11.5 Å². The lowest BCUT2D eigenvalue weighted by Gasteiger charge is -2.08. The van der Waals surface area contributed by atoms with Crippen LogP contribution < -0.4 is 4.74 Å².